The Bertz CT molecular complexity index is 1050. The van der Waals surface area contributed by atoms with Gasteiger partial charge in [0.15, 0.2) is 11.6 Å². The molecule has 5 rings (SSSR count). The molecule has 2 aromatic heterocycles. The van der Waals surface area contributed by atoms with Crippen LogP contribution in [0.3, 0.4) is 0 Å². The monoisotopic (exact) mass is 359 g/mol. The summed E-state index contributed by atoms with van der Waals surface area (Å²) in [5.74, 6) is 1.53. The summed E-state index contributed by atoms with van der Waals surface area (Å²) in [6.07, 6.45) is 2.27. The molecule has 0 spiro atoms. The normalized spacial score (nSPS) is 13.6. The lowest BCUT2D eigenvalue weighted by Crippen LogP contribution is -2.08. The van der Waals surface area contributed by atoms with Crippen molar-refractivity contribution < 1.29 is 0 Å². The Morgan fingerprint density at radius 1 is 0.926 bits per heavy atom. The van der Waals surface area contributed by atoms with Gasteiger partial charge < -0.3 is 5.32 Å². The van der Waals surface area contributed by atoms with Gasteiger partial charge in [0.25, 0.3) is 0 Å². The average Bonchev–Trinajstić information content (AvgIpc) is 3.26. The largest absolute Gasteiger partial charge is 0.378 e. The summed E-state index contributed by atoms with van der Waals surface area (Å²) in [7, 11) is 0. The first-order chi connectivity index (χ1) is 13.4. The van der Waals surface area contributed by atoms with Crippen LogP contribution in [0.4, 0.5) is 5.69 Å². The summed E-state index contributed by atoms with van der Waals surface area (Å²) >= 11 is 0. The third-order valence-corrected chi connectivity index (χ3v) is 4.49. The van der Waals surface area contributed by atoms with Crippen molar-refractivity contribution in [2.75, 3.05) is 5.32 Å². The summed E-state index contributed by atoms with van der Waals surface area (Å²) in [5.41, 5.74) is 2.87. The second kappa shape index (κ2) is 6.60. The van der Waals surface area contributed by atoms with Gasteiger partial charge in [0.1, 0.15) is 0 Å². The Morgan fingerprint density at radius 2 is 1.78 bits per heavy atom. The van der Waals surface area contributed by atoms with E-state index in [4.69, 9.17) is 0 Å². The molecule has 1 aliphatic rings. The zero-order valence-corrected chi connectivity index (χ0v) is 14.5. The Labute approximate surface area is 155 Å². The van der Waals surface area contributed by atoms with Crippen molar-refractivity contribution in [3.63, 3.8) is 0 Å². The van der Waals surface area contributed by atoms with E-state index in [1.54, 1.807) is 4.68 Å². The van der Waals surface area contributed by atoms with Gasteiger partial charge in [-0.05, 0) is 58.0 Å². The van der Waals surface area contributed by atoms with Crippen LogP contribution in [0.15, 0.2) is 54.6 Å². The standard InChI is InChI=1S/C18H17N9/c1-2-7-15(8-3-1)26-17(20-22-24-26)12-19-14-6-4-5-13(11-14)18-21-23-25-27(18)16-9-10-16/h1-8,11,16,19H,9-10,12H2. The highest BCUT2D eigenvalue weighted by atomic mass is 15.6. The van der Waals surface area contributed by atoms with Crippen LogP contribution in [-0.4, -0.2) is 40.4 Å². The zero-order valence-electron chi connectivity index (χ0n) is 14.5. The predicted octanol–water partition coefficient (Wildman–Crippen LogP) is 2.26. The molecule has 1 aliphatic carbocycles. The Kier molecular flexibility index (Phi) is 3.82. The molecule has 9 nitrogen and oxygen atoms in total. The van der Waals surface area contributed by atoms with Crippen LogP contribution in [0, 0.1) is 0 Å². The van der Waals surface area contributed by atoms with Gasteiger partial charge >= 0.3 is 0 Å². The Hall–Kier alpha value is -3.62. The van der Waals surface area contributed by atoms with E-state index in [-0.39, 0.29) is 0 Å². The van der Waals surface area contributed by atoms with Gasteiger partial charge in [0.2, 0.25) is 0 Å². The zero-order chi connectivity index (χ0) is 18.1. The van der Waals surface area contributed by atoms with Crippen LogP contribution in [0.1, 0.15) is 24.7 Å². The SMILES string of the molecule is c1ccc(-n2nnnc2CNc2cccc(-c3nnnn3C3CC3)c2)cc1. The number of nitrogens with zero attached hydrogens (tertiary/aromatic N) is 8. The summed E-state index contributed by atoms with van der Waals surface area (Å²) in [4.78, 5) is 0. The molecule has 9 heteroatoms. The predicted molar refractivity (Wildman–Crippen MR) is 98.0 cm³/mol. The number of hydrogen-bond donors (Lipinski definition) is 1. The average molecular weight is 359 g/mol. The van der Waals surface area contributed by atoms with Gasteiger partial charge in [0, 0.05) is 11.3 Å². The van der Waals surface area contributed by atoms with E-state index < -0.39 is 0 Å². The maximum absolute atomic E-state index is 4.19. The number of rotatable bonds is 6. The molecule has 0 radical (unpaired) electrons. The lowest BCUT2D eigenvalue weighted by atomic mass is 10.2. The van der Waals surface area contributed by atoms with E-state index in [9.17, 15) is 0 Å². The molecular weight excluding hydrogens is 342 g/mol. The minimum atomic E-state index is 0.433. The third-order valence-electron chi connectivity index (χ3n) is 4.49. The maximum Gasteiger partial charge on any atom is 0.182 e. The Morgan fingerprint density at radius 3 is 2.63 bits per heavy atom. The van der Waals surface area contributed by atoms with Crippen molar-refractivity contribution in [2.45, 2.75) is 25.4 Å². The quantitative estimate of drug-likeness (QED) is 0.564. The maximum atomic E-state index is 4.19. The number of benzene rings is 2. The second-order valence-corrected chi connectivity index (χ2v) is 6.46. The van der Waals surface area contributed by atoms with Crippen LogP contribution in [0.25, 0.3) is 17.1 Å². The summed E-state index contributed by atoms with van der Waals surface area (Å²) < 4.78 is 3.64. The summed E-state index contributed by atoms with van der Waals surface area (Å²) in [5, 5.41) is 27.5. The summed E-state index contributed by atoms with van der Waals surface area (Å²) in [6.45, 7) is 0.499. The molecule has 1 N–H and O–H groups in total. The second-order valence-electron chi connectivity index (χ2n) is 6.46. The van der Waals surface area contributed by atoms with Gasteiger partial charge in [-0.15, -0.1) is 10.2 Å². The van der Waals surface area contributed by atoms with Crippen molar-refractivity contribution in [3.05, 3.63) is 60.4 Å². The number of para-hydroxylation sites is 1. The van der Waals surface area contributed by atoms with E-state index in [2.05, 4.69) is 36.4 Å². The topological polar surface area (TPSA) is 99.2 Å². The van der Waals surface area contributed by atoms with Crippen molar-refractivity contribution in [2.24, 2.45) is 0 Å². The first-order valence-electron chi connectivity index (χ1n) is 8.83. The molecule has 0 aliphatic heterocycles. The highest BCUT2D eigenvalue weighted by Gasteiger charge is 2.28. The molecule has 0 saturated heterocycles. The lowest BCUT2D eigenvalue weighted by Gasteiger charge is -2.09. The van der Waals surface area contributed by atoms with Gasteiger partial charge in [-0.1, -0.05) is 30.3 Å². The van der Waals surface area contributed by atoms with Crippen molar-refractivity contribution in [1.29, 1.82) is 0 Å². The van der Waals surface area contributed by atoms with Crippen LogP contribution in [-0.2, 0) is 6.54 Å². The molecule has 0 atom stereocenters. The van der Waals surface area contributed by atoms with Crippen LogP contribution in [0.5, 0.6) is 0 Å². The van der Waals surface area contributed by atoms with E-state index in [1.807, 2.05) is 59.3 Å². The lowest BCUT2D eigenvalue weighted by molar-refractivity contribution is 0.615. The van der Waals surface area contributed by atoms with Gasteiger partial charge in [-0.3, -0.25) is 0 Å². The fourth-order valence-electron chi connectivity index (χ4n) is 2.98. The van der Waals surface area contributed by atoms with E-state index in [0.717, 1.165) is 41.4 Å². The molecular formula is C18H17N9. The highest BCUT2D eigenvalue weighted by molar-refractivity contribution is 5.62. The molecule has 4 aromatic rings. The minimum Gasteiger partial charge on any atom is -0.378 e. The van der Waals surface area contributed by atoms with Gasteiger partial charge in [-0.2, -0.15) is 4.68 Å². The van der Waals surface area contributed by atoms with Gasteiger partial charge in [0.05, 0.1) is 18.3 Å². The first-order valence-corrected chi connectivity index (χ1v) is 8.83. The van der Waals surface area contributed by atoms with E-state index >= 15 is 0 Å². The first kappa shape index (κ1) is 15.6. The van der Waals surface area contributed by atoms with Crippen LogP contribution < -0.4 is 5.32 Å². The number of nitrogens with one attached hydrogen (secondary N) is 1. The van der Waals surface area contributed by atoms with E-state index in [1.165, 1.54) is 0 Å². The molecule has 134 valence electrons. The number of tetrazole rings is 2. The number of hydrogen-bond acceptors (Lipinski definition) is 7. The molecule has 2 aromatic carbocycles. The summed E-state index contributed by atoms with van der Waals surface area (Å²) in [6, 6.07) is 18.3. The third kappa shape index (κ3) is 3.14. The molecule has 27 heavy (non-hydrogen) atoms. The molecule has 0 amide bonds. The molecule has 0 bridgehead atoms. The minimum absolute atomic E-state index is 0.433. The molecule has 0 unspecified atom stereocenters. The van der Waals surface area contributed by atoms with Crippen molar-refractivity contribution >= 4 is 5.69 Å². The Balaban J connectivity index is 1.36. The van der Waals surface area contributed by atoms with Crippen molar-refractivity contribution in [3.8, 4) is 17.1 Å². The van der Waals surface area contributed by atoms with E-state index in [0.29, 0.717) is 12.6 Å². The van der Waals surface area contributed by atoms with Crippen LogP contribution >= 0.6 is 0 Å². The van der Waals surface area contributed by atoms with Crippen molar-refractivity contribution in [1.82, 2.24) is 40.4 Å². The molecule has 1 saturated carbocycles. The van der Waals surface area contributed by atoms with Crippen LogP contribution in [0.2, 0.25) is 0 Å². The number of anilines is 1. The number of aromatic nitrogens is 8. The fourth-order valence-corrected chi connectivity index (χ4v) is 2.98. The molecule has 2 heterocycles. The smallest absolute Gasteiger partial charge is 0.182 e. The molecule has 1 fully saturated rings. The highest BCUT2D eigenvalue weighted by Crippen LogP contribution is 2.36. The fraction of sp³-hybridized carbons (Fsp3) is 0.222. The van der Waals surface area contributed by atoms with Gasteiger partial charge in [-0.25, -0.2) is 4.68 Å².